The highest BCUT2D eigenvalue weighted by atomic mass is 19.1. The summed E-state index contributed by atoms with van der Waals surface area (Å²) in [5, 5.41) is 11.0. The van der Waals surface area contributed by atoms with Crippen molar-refractivity contribution in [2.75, 3.05) is 0 Å². The minimum atomic E-state index is -1.00. The highest BCUT2D eigenvalue weighted by molar-refractivity contribution is 5.87. The average molecular weight is 295 g/mol. The molecule has 1 aromatic rings. The third kappa shape index (κ3) is 5.18. The van der Waals surface area contributed by atoms with Crippen LogP contribution in [-0.2, 0) is 16.0 Å². The fourth-order valence-electron chi connectivity index (χ4n) is 1.74. The molecule has 2 atom stereocenters. The first kappa shape index (κ1) is 16.6. The summed E-state index contributed by atoms with van der Waals surface area (Å²) in [6, 6.07) is 3.79. The van der Waals surface area contributed by atoms with E-state index in [4.69, 9.17) is 11.0 Å². The van der Waals surface area contributed by atoms with Crippen molar-refractivity contribution in [3.63, 3.8) is 0 Å². The molecule has 112 valence electrons. The van der Waals surface area contributed by atoms with Gasteiger partial charge in [-0.15, -0.1) is 0 Å². The molecule has 0 aliphatic heterocycles. The second kappa shape index (κ2) is 7.33. The Kier molecular flexibility index (Phi) is 5.79. The summed E-state index contributed by atoms with van der Waals surface area (Å²) in [5.74, 6) is -3.45. The van der Waals surface area contributed by atoms with Crippen LogP contribution in [0.4, 0.5) is 8.78 Å². The zero-order chi connectivity index (χ0) is 16.0. The number of hydrogen-bond donors (Lipinski definition) is 2. The van der Waals surface area contributed by atoms with Crippen LogP contribution in [0.1, 0.15) is 18.9 Å². The van der Waals surface area contributed by atoms with Gasteiger partial charge in [0, 0.05) is 12.0 Å². The van der Waals surface area contributed by atoms with E-state index in [2.05, 4.69) is 5.32 Å². The van der Waals surface area contributed by atoms with Crippen LogP contribution < -0.4 is 11.1 Å². The van der Waals surface area contributed by atoms with E-state index in [1.807, 2.05) is 6.07 Å². The van der Waals surface area contributed by atoms with Gasteiger partial charge in [0.05, 0.1) is 12.5 Å². The van der Waals surface area contributed by atoms with E-state index in [9.17, 15) is 18.4 Å². The van der Waals surface area contributed by atoms with Crippen molar-refractivity contribution in [3.8, 4) is 6.07 Å². The van der Waals surface area contributed by atoms with Crippen LogP contribution in [0, 0.1) is 28.9 Å². The fraction of sp³-hybridized carbons (Fsp3) is 0.357. The van der Waals surface area contributed by atoms with Crippen LogP contribution in [-0.4, -0.2) is 17.9 Å². The molecule has 5 nitrogen and oxygen atoms in total. The largest absolute Gasteiger partial charge is 0.368 e. The molecule has 21 heavy (non-hydrogen) atoms. The predicted molar refractivity (Wildman–Crippen MR) is 70.6 cm³/mol. The SMILES string of the molecule is C[C@@H](C#N)C[C@H](NC(=O)Cc1ccc(F)cc1F)C(N)=O. The normalized spacial score (nSPS) is 13.0. The lowest BCUT2D eigenvalue weighted by Crippen LogP contribution is -2.45. The van der Waals surface area contributed by atoms with Gasteiger partial charge < -0.3 is 11.1 Å². The molecule has 0 radical (unpaired) electrons. The number of amides is 2. The molecule has 1 rings (SSSR count). The predicted octanol–water partition coefficient (Wildman–Crippen LogP) is 1.03. The Labute approximate surface area is 120 Å². The Morgan fingerprint density at radius 2 is 2.10 bits per heavy atom. The highest BCUT2D eigenvalue weighted by Gasteiger charge is 2.21. The third-order valence-corrected chi connectivity index (χ3v) is 2.85. The van der Waals surface area contributed by atoms with Crippen molar-refractivity contribution in [2.45, 2.75) is 25.8 Å². The molecule has 0 saturated heterocycles. The number of carbonyl (C=O) groups excluding carboxylic acids is 2. The number of primary amides is 1. The molecule has 0 fully saturated rings. The summed E-state index contributed by atoms with van der Waals surface area (Å²) in [7, 11) is 0. The molecule has 2 amide bonds. The Balaban J connectivity index is 2.70. The summed E-state index contributed by atoms with van der Waals surface area (Å²) in [5.41, 5.74) is 5.15. The van der Waals surface area contributed by atoms with Gasteiger partial charge in [-0.05, 0) is 25.0 Å². The molecule has 7 heteroatoms. The lowest BCUT2D eigenvalue weighted by molar-refractivity contribution is -0.127. The van der Waals surface area contributed by atoms with Gasteiger partial charge in [-0.25, -0.2) is 8.78 Å². The van der Waals surface area contributed by atoms with E-state index < -0.39 is 35.4 Å². The molecule has 0 aromatic heterocycles. The number of nitrogens with one attached hydrogen (secondary N) is 1. The van der Waals surface area contributed by atoms with Crippen LogP contribution in [0.15, 0.2) is 18.2 Å². The Morgan fingerprint density at radius 1 is 1.43 bits per heavy atom. The lowest BCUT2D eigenvalue weighted by Gasteiger charge is -2.16. The standard InChI is InChI=1S/C14H15F2N3O2/c1-8(7-17)4-12(14(18)21)19-13(20)5-9-2-3-10(15)6-11(9)16/h2-3,6,8,12H,4-5H2,1H3,(H2,18,21)(H,19,20)/t8-,12+/m1/s1. The summed E-state index contributed by atoms with van der Waals surface area (Å²) in [6.07, 6.45) is -0.277. The lowest BCUT2D eigenvalue weighted by atomic mass is 10.0. The molecule has 0 aliphatic carbocycles. The summed E-state index contributed by atoms with van der Waals surface area (Å²) >= 11 is 0. The Bertz CT molecular complexity index is 584. The topological polar surface area (TPSA) is 96.0 Å². The zero-order valence-corrected chi connectivity index (χ0v) is 11.4. The number of halogens is 2. The second-order valence-corrected chi connectivity index (χ2v) is 4.70. The number of carbonyl (C=O) groups is 2. The molecule has 1 aromatic carbocycles. The molecule has 3 N–H and O–H groups in total. The van der Waals surface area contributed by atoms with Gasteiger partial charge in [0.15, 0.2) is 0 Å². The summed E-state index contributed by atoms with van der Waals surface area (Å²) in [6.45, 7) is 1.59. The highest BCUT2D eigenvalue weighted by Crippen LogP contribution is 2.11. The molecule has 0 spiro atoms. The first-order valence-corrected chi connectivity index (χ1v) is 6.25. The van der Waals surface area contributed by atoms with Gasteiger partial charge in [-0.2, -0.15) is 5.26 Å². The van der Waals surface area contributed by atoms with E-state index in [0.717, 1.165) is 12.1 Å². The minimum absolute atomic E-state index is 0.00505. The van der Waals surface area contributed by atoms with Crippen molar-refractivity contribution in [3.05, 3.63) is 35.4 Å². The van der Waals surface area contributed by atoms with Crippen LogP contribution >= 0.6 is 0 Å². The van der Waals surface area contributed by atoms with Gasteiger partial charge in [-0.1, -0.05) is 6.07 Å². The van der Waals surface area contributed by atoms with E-state index in [1.165, 1.54) is 0 Å². The molecule has 0 heterocycles. The first-order valence-electron chi connectivity index (χ1n) is 6.25. The van der Waals surface area contributed by atoms with Crippen molar-refractivity contribution in [1.29, 1.82) is 5.26 Å². The maximum Gasteiger partial charge on any atom is 0.240 e. The van der Waals surface area contributed by atoms with Gasteiger partial charge in [-0.3, -0.25) is 9.59 Å². The zero-order valence-electron chi connectivity index (χ0n) is 11.4. The van der Waals surface area contributed by atoms with Crippen molar-refractivity contribution in [1.82, 2.24) is 5.32 Å². The third-order valence-electron chi connectivity index (χ3n) is 2.85. The van der Waals surface area contributed by atoms with Crippen LogP contribution in [0.2, 0.25) is 0 Å². The van der Waals surface area contributed by atoms with E-state index in [1.54, 1.807) is 6.92 Å². The maximum atomic E-state index is 13.4. The number of nitrogens with two attached hydrogens (primary N) is 1. The quantitative estimate of drug-likeness (QED) is 0.820. The molecular formula is C14H15F2N3O2. The Morgan fingerprint density at radius 3 is 2.62 bits per heavy atom. The van der Waals surface area contributed by atoms with E-state index in [0.29, 0.717) is 6.07 Å². The van der Waals surface area contributed by atoms with Gasteiger partial charge in [0.25, 0.3) is 0 Å². The fourth-order valence-corrected chi connectivity index (χ4v) is 1.74. The Hall–Kier alpha value is -2.49. The average Bonchev–Trinajstić information content (AvgIpc) is 2.40. The number of nitriles is 1. The number of rotatable bonds is 6. The van der Waals surface area contributed by atoms with Crippen LogP contribution in [0.5, 0.6) is 0 Å². The summed E-state index contributed by atoms with van der Waals surface area (Å²) in [4.78, 5) is 23.0. The number of benzene rings is 1. The molecule has 0 saturated carbocycles. The minimum Gasteiger partial charge on any atom is -0.368 e. The molecule has 0 unspecified atom stereocenters. The van der Waals surface area contributed by atoms with Crippen LogP contribution in [0.3, 0.4) is 0 Å². The van der Waals surface area contributed by atoms with Gasteiger partial charge in [0.2, 0.25) is 11.8 Å². The molecule has 0 bridgehead atoms. The second-order valence-electron chi connectivity index (χ2n) is 4.70. The number of nitrogens with zero attached hydrogens (tertiary/aromatic N) is 1. The van der Waals surface area contributed by atoms with E-state index in [-0.39, 0.29) is 18.4 Å². The van der Waals surface area contributed by atoms with Gasteiger partial charge >= 0.3 is 0 Å². The smallest absolute Gasteiger partial charge is 0.240 e. The van der Waals surface area contributed by atoms with Gasteiger partial charge in [0.1, 0.15) is 17.7 Å². The maximum absolute atomic E-state index is 13.4. The molecular weight excluding hydrogens is 280 g/mol. The van der Waals surface area contributed by atoms with Crippen LogP contribution in [0.25, 0.3) is 0 Å². The first-order chi connectivity index (χ1) is 9.83. The van der Waals surface area contributed by atoms with Crippen molar-refractivity contribution < 1.29 is 18.4 Å². The van der Waals surface area contributed by atoms with Crippen molar-refractivity contribution >= 4 is 11.8 Å². The number of hydrogen-bond acceptors (Lipinski definition) is 3. The van der Waals surface area contributed by atoms with Crippen molar-refractivity contribution in [2.24, 2.45) is 11.7 Å². The summed E-state index contributed by atoms with van der Waals surface area (Å²) < 4.78 is 26.2. The van der Waals surface area contributed by atoms with E-state index >= 15 is 0 Å². The molecule has 0 aliphatic rings. The monoisotopic (exact) mass is 295 g/mol.